The van der Waals surface area contributed by atoms with E-state index in [-0.39, 0.29) is 5.91 Å². The monoisotopic (exact) mass is 343 g/mol. The van der Waals surface area contributed by atoms with E-state index in [9.17, 15) is 4.79 Å². The van der Waals surface area contributed by atoms with Gasteiger partial charge >= 0.3 is 0 Å². The summed E-state index contributed by atoms with van der Waals surface area (Å²) in [4.78, 5) is 18.9. The van der Waals surface area contributed by atoms with Crippen LogP contribution in [-0.4, -0.2) is 42.0 Å². The summed E-state index contributed by atoms with van der Waals surface area (Å²) in [6, 6.07) is 9.41. The third-order valence-corrected chi connectivity index (χ3v) is 4.68. The molecular weight excluding hydrogens is 322 g/mol. The molecule has 0 bridgehead atoms. The second kappa shape index (κ2) is 8.27. The Bertz CT molecular complexity index is 699. The molecule has 24 heavy (non-hydrogen) atoms. The van der Waals surface area contributed by atoms with Crippen molar-refractivity contribution in [1.82, 2.24) is 15.2 Å². The van der Waals surface area contributed by atoms with Gasteiger partial charge in [0.1, 0.15) is 0 Å². The maximum atomic E-state index is 12.4. The van der Waals surface area contributed by atoms with Crippen molar-refractivity contribution in [3.8, 4) is 11.1 Å². The van der Waals surface area contributed by atoms with Crippen molar-refractivity contribution < 1.29 is 4.79 Å². The number of aromatic nitrogens is 1. The van der Waals surface area contributed by atoms with Crippen molar-refractivity contribution in [2.24, 2.45) is 0 Å². The first-order valence-electron chi connectivity index (χ1n) is 8.44. The van der Waals surface area contributed by atoms with Crippen LogP contribution in [0, 0.1) is 0 Å². The van der Waals surface area contributed by atoms with Crippen molar-refractivity contribution >= 4 is 17.5 Å². The van der Waals surface area contributed by atoms with E-state index in [0.29, 0.717) is 17.1 Å². The van der Waals surface area contributed by atoms with Gasteiger partial charge in [-0.25, -0.2) is 0 Å². The van der Waals surface area contributed by atoms with Crippen molar-refractivity contribution in [3.63, 3.8) is 0 Å². The van der Waals surface area contributed by atoms with Crippen LogP contribution >= 0.6 is 11.6 Å². The number of pyridine rings is 1. The molecule has 2 heterocycles. The fourth-order valence-electron chi connectivity index (χ4n) is 3.02. The molecule has 1 aliphatic rings. The molecule has 1 aliphatic heterocycles. The van der Waals surface area contributed by atoms with Gasteiger partial charge in [-0.05, 0) is 38.1 Å². The molecule has 1 amide bonds. The average Bonchev–Trinajstić information content (AvgIpc) is 2.63. The standard InChI is InChI=1S/C19H22ClN3O/c20-18-7-3-2-6-17(18)15-12-16(14-21-13-15)19(24)22-8-11-23-9-4-1-5-10-23/h2-3,6-7,12-14H,1,4-5,8-11H2,(H,22,24). The molecule has 1 N–H and O–H groups in total. The fourth-order valence-corrected chi connectivity index (χ4v) is 3.26. The predicted molar refractivity (Wildman–Crippen MR) is 97.3 cm³/mol. The summed E-state index contributed by atoms with van der Waals surface area (Å²) in [6.45, 7) is 3.84. The summed E-state index contributed by atoms with van der Waals surface area (Å²) in [5.41, 5.74) is 2.30. The van der Waals surface area contributed by atoms with E-state index in [1.807, 2.05) is 30.3 Å². The number of likely N-dealkylation sites (tertiary alicyclic amines) is 1. The first kappa shape index (κ1) is 16.9. The average molecular weight is 344 g/mol. The first-order chi connectivity index (χ1) is 11.7. The summed E-state index contributed by atoms with van der Waals surface area (Å²) in [5.74, 6) is -0.0894. The molecule has 0 radical (unpaired) electrons. The lowest BCUT2D eigenvalue weighted by Gasteiger charge is -2.26. The third kappa shape index (κ3) is 4.34. The molecule has 3 rings (SSSR count). The van der Waals surface area contributed by atoms with Gasteiger partial charge in [-0.2, -0.15) is 0 Å². The highest BCUT2D eigenvalue weighted by atomic mass is 35.5. The van der Waals surface area contributed by atoms with E-state index in [4.69, 9.17) is 11.6 Å². The molecule has 0 unspecified atom stereocenters. The minimum absolute atomic E-state index is 0.0894. The van der Waals surface area contributed by atoms with Gasteiger partial charge < -0.3 is 10.2 Å². The number of benzene rings is 1. The smallest absolute Gasteiger partial charge is 0.252 e. The minimum Gasteiger partial charge on any atom is -0.351 e. The predicted octanol–water partition coefficient (Wildman–Crippen LogP) is 3.62. The van der Waals surface area contributed by atoms with Crippen LogP contribution in [0.2, 0.25) is 5.02 Å². The van der Waals surface area contributed by atoms with Crippen LogP contribution in [0.3, 0.4) is 0 Å². The molecule has 0 atom stereocenters. The lowest BCUT2D eigenvalue weighted by atomic mass is 10.1. The highest BCUT2D eigenvalue weighted by Crippen LogP contribution is 2.27. The Morgan fingerprint density at radius 1 is 1.17 bits per heavy atom. The quantitative estimate of drug-likeness (QED) is 0.901. The van der Waals surface area contributed by atoms with Crippen molar-refractivity contribution in [2.45, 2.75) is 19.3 Å². The van der Waals surface area contributed by atoms with Gasteiger partial charge in [-0.1, -0.05) is 36.2 Å². The number of amides is 1. The van der Waals surface area contributed by atoms with Gasteiger partial charge in [-0.15, -0.1) is 0 Å². The second-order valence-electron chi connectivity index (χ2n) is 6.10. The molecule has 126 valence electrons. The summed E-state index contributed by atoms with van der Waals surface area (Å²) in [5, 5.41) is 3.64. The van der Waals surface area contributed by atoms with Gasteiger partial charge in [0, 0.05) is 41.6 Å². The highest BCUT2D eigenvalue weighted by Gasteiger charge is 2.12. The number of nitrogens with zero attached hydrogens (tertiary/aromatic N) is 2. The Hall–Kier alpha value is -1.91. The molecule has 1 aromatic heterocycles. The summed E-state index contributed by atoms with van der Waals surface area (Å²) < 4.78 is 0. The lowest BCUT2D eigenvalue weighted by Crippen LogP contribution is -2.37. The molecule has 4 nitrogen and oxygen atoms in total. The van der Waals surface area contributed by atoms with Gasteiger partial charge in [-0.3, -0.25) is 9.78 Å². The molecule has 0 saturated carbocycles. The van der Waals surface area contributed by atoms with Crippen LogP contribution in [0.1, 0.15) is 29.6 Å². The SMILES string of the molecule is O=C(NCCN1CCCCC1)c1cncc(-c2ccccc2Cl)c1. The highest BCUT2D eigenvalue weighted by molar-refractivity contribution is 6.33. The van der Waals surface area contributed by atoms with Gasteiger partial charge in [0.2, 0.25) is 0 Å². The number of nitrogens with one attached hydrogen (secondary N) is 1. The fraction of sp³-hybridized carbons (Fsp3) is 0.368. The number of piperidine rings is 1. The van der Waals surface area contributed by atoms with Crippen LogP contribution < -0.4 is 5.32 Å². The zero-order valence-corrected chi connectivity index (χ0v) is 14.4. The van der Waals surface area contributed by atoms with E-state index in [1.165, 1.54) is 19.3 Å². The Balaban J connectivity index is 1.61. The van der Waals surface area contributed by atoms with Crippen molar-refractivity contribution in [1.29, 1.82) is 0 Å². The van der Waals surface area contributed by atoms with Crippen molar-refractivity contribution in [3.05, 3.63) is 53.3 Å². The van der Waals surface area contributed by atoms with E-state index >= 15 is 0 Å². The maximum absolute atomic E-state index is 12.4. The van der Waals surface area contributed by atoms with Crippen LogP contribution in [-0.2, 0) is 0 Å². The Morgan fingerprint density at radius 2 is 1.96 bits per heavy atom. The molecule has 2 aromatic rings. The van der Waals surface area contributed by atoms with E-state index in [2.05, 4.69) is 15.2 Å². The van der Waals surface area contributed by atoms with E-state index in [0.717, 1.165) is 30.8 Å². The van der Waals surface area contributed by atoms with E-state index in [1.54, 1.807) is 12.4 Å². The summed E-state index contributed by atoms with van der Waals surface area (Å²) in [6.07, 6.45) is 7.17. The number of hydrogen-bond donors (Lipinski definition) is 1. The molecule has 0 aliphatic carbocycles. The third-order valence-electron chi connectivity index (χ3n) is 4.35. The first-order valence-corrected chi connectivity index (χ1v) is 8.82. The number of rotatable bonds is 5. The van der Waals surface area contributed by atoms with Crippen LogP contribution in [0.4, 0.5) is 0 Å². The maximum Gasteiger partial charge on any atom is 0.252 e. The topological polar surface area (TPSA) is 45.2 Å². The molecule has 1 fully saturated rings. The summed E-state index contributed by atoms with van der Waals surface area (Å²) >= 11 is 6.23. The Morgan fingerprint density at radius 3 is 2.75 bits per heavy atom. The molecule has 1 aromatic carbocycles. The van der Waals surface area contributed by atoms with Crippen LogP contribution in [0.5, 0.6) is 0 Å². The number of hydrogen-bond acceptors (Lipinski definition) is 3. The van der Waals surface area contributed by atoms with Gasteiger partial charge in [0.15, 0.2) is 0 Å². The second-order valence-corrected chi connectivity index (χ2v) is 6.51. The normalized spacial score (nSPS) is 15.2. The van der Waals surface area contributed by atoms with Crippen LogP contribution in [0.15, 0.2) is 42.7 Å². The summed E-state index contributed by atoms with van der Waals surface area (Å²) in [7, 11) is 0. The van der Waals surface area contributed by atoms with Gasteiger partial charge in [0.05, 0.1) is 5.56 Å². The molecule has 5 heteroatoms. The minimum atomic E-state index is -0.0894. The Kier molecular flexibility index (Phi) is 5.83. The van der Waals surface area contributed by atoms with Crippen molar-refractivity contribution in [2.75, 3.05) is 26.2 Å². The number of carbonyl (C=O) groups is 1. The number of halogens is 1. The lowest BCUT2D eigenvalue weighted by molar-refractivity contribution is 0.0946. The van der Waals surface area contributed by atoms with Gasteiger partial charge in [0.25, 0.3) is 5.91 Å². The van der Waals surface area contributed by atoms with E-state index < -0.39 is 0 Å². The van der Waals surface area contributed by atoms with Crippen LogP contribution in [0.25, 0.3) is 11.1 Å². The zero-order valence-electron chi connectivity index (χ0n) is 13.7. The molecule has 0 spiro atoms. The molecule has 1 saturated heterocycles. The Labute approximate surface area is 147 Å². The number of carbonyl (C=O) groups excluding carboxylic acids is 1. The largest absolute Gasteiger partial charge is 0.351 e. The molecular formula is C19H22ClN3O. The zero-order chi connectivity index (χ0) is 16.8.